The number of pyridine rings is 1. The number of nitrogens with two attached hydrogens (primary N) is 1. The number of aliphatic carboxylic acids is 1. The van der Waals surface area contributed by atoms with E-state index in [-0.39, 0.29) is 17.9 Å². The van der Waals surface area contributed by atoms with Crippen molar-refractivity contribution in [3.8, 4) is 16.9 Å². The molecule has 1 spiro atoms. The average Bonchev–Trinajstić information content (AvgIpc) is 3.23. The molecule has 1 aliphatic carbocycles. The van der Waals surface area contributed by atoms with Crippen molar-refractivity contribution < 1.29 is 14.6 Å². The molecule has 6 nitrogen and oxygen atoms in total. The Morgan fingerprint density at radius 3 is 2.69 bits per heavy atom. The first-order valence-electron chi connectivity index (χ1n) is 13.9. The van der Waals surface area contributed by atoms with E-state index in [1.165, 1.54) is 17.5 Å². The van der Waals surface area contributed by atoms with E-state index in [9.17, 15) is 9.90 Å². The molecule has 39 heavy (non-hydrogen) atoms. The predicted octanol–water partition coefficient (Wildman–Crippen LogP) is 6.38. The van der Waals surface area contributed by atoms with E-state index >= 15 is 0 Å². The van der Waals surface area contributed by atoms with E-state index < -0.39 is 5.97 Å². The number of carboxylic acid groups (broad SMARTS) is 1. The van der Waals surface area contributed by atoms with Gasteiger partial charge in [-0.2, -0.15) is 0 Å². The molecule has 0 bridgehead atoms. The third-order valence-corrected chi connectivity index (χ3v) is 8.63. The van der Waals surface area contributed by atoms with Crippen LogP contribution in [0, 0.1) is 0 Å². The van der Waals surface area contributed by atoms with Crippen molar-refractivity contribution in [1.82, 2.24) is 9.88 Å². The van der Waals surface area contributed by atoms with Crippen LogP contribution in [-0.4, -0.2) is 40.6 Å². The second-order valence-corrected chi connectivity index (χ2v) is 11.0. The van der Waals surface area contributed by atoms with Gasteiger partial charge in [-0.3, -0.25) is 4.79 Å². The number of aromatic nitrogens is 1. The zero-order chi connectivity index (χ0) is 27.0. The van der Waals surface area contributed by atoms with Crippen molar-refractivity contribution >= 4 is 22.6 Å². The van der Waals surface area contributed by atoms with E-state index in [1.807, 2.05) is 42.5 Å². The molecule has 4 aromatic rings. The smallest absolute Gasteiger partial charge is 0.307 e. The Hall–Kier alpha value is -3.90. The molecule has 2 aliphatic rings. The highest BCUT2D eigenvalue weighted by molar-refractivity contribution is 6.01. The van der Waals surface area contributed by atoms with E-state index in [2.05, 4.69) is 41.1 Å². The summed E-state index contributed by atoms with van der Waals surface area (Å²) < 4.78 is 6.73. The molecule has 200 valence electrons. The summed E-state index contributed by atoms with van der Waals surface area (Å²) in [5.41, 5.74) is 11.8. The maximum absolute atomic E-state index is 11.5. The number of ether oxygens (including phenoxy) is 1. The highest BCUT2D eigenvalue weighted by Crippen LogP contribution is 2.53. The molecular formula is C33H35N3O3. The van der Waals surface area contributed by atoms with Crippen LogP contribution in [0.15, 0.2) is 72.9 Å². The number of fused-ring (bicyclic) bond motifs is 3. The topological polar surface area (TPSA) is 88.7 Å². The number of anilines is 1. The van der Waals surface area contributed by atoms with Crippen molar-refractivity contribution in [2.75, 3.05) is 25.4 Å². The van der Waals surface area contributed by atoms with Crippen LogP contribution in [0.25, 0.3) is 21.9 Å². The van der Waals surface area contributed by atoms with Crippen molar-refractivity contribution in [2.45, 2.75) is 50.5 Å². The summed E-state index contributed by atoms with van der Waals surface area (Å²) in [6.07, 6.45) is 5.84. The number of nitrogen functional groups attached to an aromatic ring is 1. The van der Waals surface area contributed by atoms with E-state index in [4.69, 9.17) is 10.5 Å². The Balaban J connectivity index is 1.42. The fraction of sp³-hybridized carbons (Fsp3) is 0.333. The van der Waals surface area contributed by atoms with Gasteiger partial charge in [0.15, 0.2) is 0 Å². The minimum absolute atomic E-state index is 0.0572. The molecule has 0 amide bonds. The fourth-order valence-electron chi connectivity index (χ4n) is 6.72. The quantitative estimate of drug-likeness (QED) is 0.293. The van der Waals surface area contributed by atoms with E-state index in [1.54, 1.807) is 6.20 Å². The normalized spacial score (nSPS) is 18.3. The summed E-state index contributed by atoms with van der Waals surface area (Å²) in [5, 5.41) is 11.5. The lowest BCUT2D eigenvalue weighted by atomic mass is 9.73. The summed E-state index contributed by atoms with van der Waals surface area (Å²) in [6.45, 7) is 5.56. The van der Waals surface area contributed by atoms with Crippen molar-refractivity contribution in [3.63, 3.8) is 0 Å². The highest BCUT2D eigenvalue weighted by Gasteiger charge is 2.46. The lowest BCUT2D eigenvalue weighted by molar-refractivity contribution is -0.136. The molecule has 6 rings (SSSR count). The third-order valence-electron chi connectivity index (χ3n) is 8.63. The molecule has 0 unspecified atom stereocenters. The summed E-state index contributed by atoms with van der Waals surface area (Å²) in [5.74, 6) is 0.333. The summed E-state index contributed by atoms with van der Waals surface area (Å²) >= 11 is 0. The molecular weight excluding hydrogens is 486 g/mol. The van der Waals surface area contributed by atoms with Gasteiger partial charge in [0.05, 0.1) is 6.42 Å². The SMILES string of the molecule is CCCN1CCC2(CC1)C[C@@H](Oc1ccccc1CC(=O)O)c1cc(-c3cccc4c(N)nccc34)ccc12. The first-order chi connectivity index (χ1) is 19.0. The van der Waals surface area contributed by atoms with Gasteiger partial charge >= 0.3 is 5.97 Å². The van der Waals surface area contributed by atoms with E-state index in [0.29, 0.717) is 17.1 Å². The van der Waals surface area contributed by atoms with Crippen LogP contribution in [0.5, 0.6) is 5.75 Å². The largest absolute Gasteiger partial charge is 0.485 e. The molecule has 3 N–H and O–H groups in total. The van der Waals surface area contributed by atoms with Crippen LogP contribution in [0.2, 0.25) is 0 Å². The van der Waals surface area contributed by atoms with Crippen molar-refractivity contribution in [3.05, 3.63) is 89.6 Å². The first-order valence-corrected chi connectivity index (χ1v) is 13.9. The van der Waals surface area contributed by atoms with Crippen LogP contribution in [0.4, 0.5) is 5.82 Å². The van der Waals surface area contributed by atoms with Gasteiger partial charge in [0.25, 0.3) is 0 Å². The number of benzene rings is 3. The number of piperidine rings is 1. The zero-order valence-corrected chi connectivity index (χ0v) is 22.4. The monoisotopic (exact) mass is 521 g/mol. The van der Waals surface area contributed by atoms with Gasteiger partial charge in [-0.15, -0.1) is 0 Å². The molecule has 1 fully saturated rings. The Morgan fingerprint density at radius 1 is 1.08 bits per heavy atom. The highest BCUT2D eigenvalue weighted by atomic mass is 16.5. The van der Waals surface area contributed by atoms with Gasteiger partial charge in [-0.05, 0) is 91.2 Å². The molecule has 1 aliphatic heterocycles. The minimum Gasteiger partial charge on any atom is -0.485 e. The van der Waals surface area contributed by atoms with Crippen LogP contribution < -0.4 is 10.5 Å². The first kappa shape index (κ1) is 25.4. The Labute approximate surface area is 229 Å². The average molecular weight is 522 g/mol. The molecule has 0 saturated carbocycles. The number of nitrogens with zero attached hydrogens (tertiary/aromatic N) is 2. The number of hydrogen-bond donors (Lipinski definition) is 2. The Bertz CT molecular complexity index is 1520. The molecule has 0 radical (unpaired) electrons. The van der Waals surface area contributed by atoms with Gasteiger partial charge in [-0.1, -0.05) is 55.5 Å². The van der Waals surface area contributed by atoms with Gasteiger partial charge in [0, 0.05) is 22.6 Å². The van der Waals surface area contributed by atoms with Gasteiger partial charge < -0.3 is 20.5 Å². The zero-order valence-electron chi connectivity index (χ0n) is 22.4. The minimum atomic E-state index is -0.857. The molecule has 1 aromatic heterocycles. The second kappa shape index (κ2) is 10.3. The molecule has 6 heteroatoms. The van der Waals surface area contributed by atoms with Gasteiger partial charge in [-0.25, -0.2) is 4.98 Å². The van der Waals surface area contributed by atoms with Crippen LogP contribution in [0.1, 0.15) is 55.4 Å². The Morgan fingerprint density at radius 2 is 1.90 bits per heavy atom. The summed E-state index contributed by atoms with van der Waals surface area (Å²) in [7, 11) is 0. The summed E-state index contributed by atoms with van der Waals surface area (Å²) in [6, 6.07) is 22.6. The second-order valence-electron chi connectivity index (χ2n) is 11.0. The molecule has 1 saturated heterocycles. The number of carbonyl (C=O) groups is 1. The van der Waals surface area contributed by atoms with Crippen molar-refractivity contribution in [1.29, 1.82) is 0 Å². The number of para-hydroxylation sites is 1. The maximum Gasteiger partial charge on any atom is 0.307 e. The van der Waals surface area contributed by atoms with Gasteiger partial charge in [0.1, 0.15) is 17.7 Å². The fourth-order valence-corrected chi connectivity index (χ4v) is 6.72. The number of likely N-dealkylation sites (tertiary alicyclic amines) is 1. The van der Waals surface area contributed by atoms with E-state index in [0.717, 1.165) is 60.8 Å². The lowest BCUT2D eigenvalue weighted by Crippen LogP contribution is -2.42. The number of rotatable bonds is 7. The van der Waals surface area contributed by atoms with Gasteiger partial charge in [0.2, 0.25) is 0 Å². The standard InChI is InChI=1S/C33H35N3O3/c1-2-16-36-17-13-33(14-18-36)21-30(39-29-9-4-3-6-23(29)20-31(37)38)27-19-22(10-11-28(27)33)24-7-5-8-26-25(24)12-15-35-32(26)34/h3-12,15,19,30H,2,13-14,16-18,20-21H2,1H3,(H2,34,35)(H,37,38)/t30-/m1/s1. The van der Waals surface area contributed by atoms with Crippen LogP contribution in [-0.2, 0) is 16.6 Å². The lowest BCUT2D eigenvalue weighted by Gasteiger charge is -2.40. The molecule has 2 heterocycles. The number of hydrogen-bond acceptors (Lipinski definition) is 5. The third kappa shape index (κ3) is 4.74. The predicted molar refractivity (Wildman–Crippen MR) is 155 cm³/mol. The maximum atomic E-state index is 11.5. The number of carboxylic acids is 1. The molecule has 1 atom stereocenters. The summed E-state index contributed by atoms with van der Waals surface area (Å²) in [4.78, 5) is 18.4. The van der Waals surface area contributed by atoms with Crippen molar-refractivity contribution in [2.24, 2.45) is 0 Å². The van der Waals surface area contributed by atoms with Crippen LogP contribution >= 0.6 is 0 Å². The molecule has 3 aromatic carbocycles. The Kier molecular flexibility index (Phi) is 6.73. The van der Waals surface area contributed by atoms with Crippen LogP contribution in [0.3, 0.4) is 0 Å².